The molecule has 3 aliphatic rings. The second-order valence-corrected chi connectivity index (χ2v) is 7.67. The van der Waals surface area contributed by atoms with E-state index in [9.17, 15) is 4.79 Å². The zero-order valence-electron chi connectivity index (χ0n) is 13.1. The van der Waals surface area contributed by atoms with Crippen molar-refractivity contribution < 1.29 is 9.53 Å². The number of hydrogen-bond donors (Lipinski definition) is 0. The van der Waals surface area contributed by atoms with E-state index in [0.29, 0.717) is 12.4 Å². The van der Waals surface area contributed by atoms with Gasteiger partial charge in [-0.3, -0.25) is 4.79 Å². The van der Waals surface area contributed by atoms with Crippen molar-refractivity contribution in [3.8, 4) is 0 Å². The fourth-order valence-corrected chi connectivity index (χ4v) is 5.89. The van der Waals surface area contributed by atoms with Crippen LogP contribution in [0.25, 0.3) is 0 Å². The van der Waals surface area contributed by atoms with Gasteiger partial charge in [0.05, 0.1) is 0 Å². The Bertz CT molecular complexity index is 340. The molecule has 2 nitrogen and oxygen atoms in total. The average Bonchev–Trinajstić information content (AvgIpc) is 2.47. The Morgan fingerprint density at radius 2 is 1.95 bits per heavy atom. The predicted molar refractivity (Wildman–Crippen MR) is 80.2 cm³/mol. The molecule has 0 bridgehead atoms. The van der Waals surface area contributed by atoms with Crippen LogP contribution in [0.3, 0.4) is 0 Å². The molecule has 114 valence electrons. The fraction of sp³-hybridized carbons (Fsp3) is 0.944. The summed E-state index contributed by atoms with van der Waals surface area (Å²) in [6.07, 6.45) is 10.9. The predicted octanol–water partition coefficient (Wildman–Crippen LogP) is 4.43. The summed E-state index contributed by atoms with van der Waals surface area (Å²) >= 11 is 0. The lowest BCUT2D eigenvalue weighted by molar-refractivity contribution is -0.151. The zero-order chi connectivity index (χ0) is 14.1. The molecule has 0 saturated heterocycles. The molecule has 0 aromatic rings. The van der Waals surface area contributed by atoms with Crippen LogP contribution in [0.5, 0.6) is 0 Å². The molecule has 3 saturated carbocycles. The maximum absolute atomic E-state index is 10.9. The third-order valence-corrected chi connectivity index (χ3v) is 6.81. The molecule has 0 heterocycles. The molecule has 0 radical (unpaired) electrons. The molecule has 20 heavy (non-hydrogen) atoms. The summed E-state index contributed by atoms with van der Waals surface area (Å²) in [5.74, 6) is 4.97. The third-order valence-electron chi connectivity index (χ3n) is 6.81. The Morgan fingerprint density at radius 1 is 1.10 bits per heavy atom. The van der Waals surface area contributed by atoms with Crippen molar-refractivity contribution in [3.63, 3.8) is 0 Å². The number of fused-ring (bicyclic) bond motifs is 3. The molecular formula is C18H30O2. The molecule has 0 spiro atoms. The van der Waals surface area contributed by atoms with Crippen molar-refractivity contribution in [2.24, 2.45) is 35.5 Å². The van der Waals surface area contributed by atoms with Crippen molar-refractivity contribution >= 4 is 6.47 Å². The Morgan fingerprint density at radius 3 is 2.70 bits per heavy atom. The smallest absolute Gasteiger partial charge is 0.293 e. The highest BCUT2D eigenvalue weighted by Gasteiger charge is 2.49. The summed E-state index contributed by atoms with van der Waals surface area (Å²) < 4.78 is 5.54. The molecule has 3 aliphatic carbocycles. The maximum atomic E-state index is 10.9. The maximum Gasteiger partial charge on any atom is 0.293 e. The lowest BCUT2D eigenvalue weighted by Crippen LogP contribution is -2.50. The summed E-state index contributed by atoms with van der Waals surface area (Å²) in [4.78, 5) is 10.9. The molecule has 2 heteroatoms. The van der Waals surface area contributed by atoms with E-state index in [1.54, 1.807) is 0 Å². The van der Waals surface area contributed by atoms with E-state index in [4.69, 9.17) is 4.74 Å². The van der Waals surface area contributed by atoms with Crippen LogP contribution >= 0.6 is 0 Å². The first-order chi connectivity index (χ1) is 9.74. The van der Waals surface area contributed by atoms with Crippen molar-refractivity contribution in [2.75, 3.05) is 0 Å². The van der Waals surface area contributed by atoms with Crippen LogP contribution < -0.4 is 0 Å². The van der Waals surface area contributed by atoms with Gasteiger partial charge in [-0.2, -0.15) is 0 Å². The van der Waals surface area contributed by atoms with E-state index < -0.39 is 0 Å². The summed E-state index contributed by atoms with van der Waals surface area (Å²) in [5.41, 5.74) is 0. The zero-order valence-corrected chi connectivity index (χ0v) is 13.1. The van der Waals surface area contributed by atoms with Gasteiger partial charge >= 0.3 is 0 Å². The third kappa shape index (κ3) is 2.51. The molecule has 3 fully saturated rings. The molecule has 0 aromatic carbocycles. The van der Waals surface area contributed by atoms with Crippen molar-refractivity contribution in [3.05, 3.63) is 0 Å². The normalized spacial score (nSPS) is 48.0. The van der Waals surface area contributed by atoms with Gasteiger partial charge in [-0.05, 0) is 61.2 Å². The highest BCUT2D eigenvalue weighted by molar-refractivity contribution is 5.37. The van der Waals surface area contributed by atoms with E-state index in [1.165, 1.54) is 44.9 Å². The number of ether oxygens (including phenoxy) is 1. The lowest BCUT2D eigenvalue weighted by atomic mass is 9.53. The van der Waals surface area contributed by atoms with E-state index in [-0.39, 0.29) is 6.10 Å². The van der Waals surface area contributed by atoms with Crippen molar-refractivity contribution in [1.29, 1.82) is 0 Å². The summed E-state index contributed by atoms with van der Waals surface area (Å²) in [6, 6.07) is 0. The van der Waals surface area contributed by atoms with Gasteiger partial charge in [0.2, 0.25) is 0 Å². The van der Waals surface area contributed by atoms with Gasteiger partial charge in [0.1, 0.15) is 6.10 Å². The number of rotatable bonds is 3. The SMILES string of the molecule is CCC1CCC2C(C1)CC(OC=O)C1CCCC(C)C21. The Kier molecular flexibility index (Phi) is 4.37. The summed E-state index contributed by atoms with van der Waals surface area (Å²) in [7, 11) is 0. The summed E-state index contributed by atoms with van der Waals surface area (Å²) in [5, 5.41) is 0. The van der Waals surface area contributed by atoms with Crippen LogP contribution in [0.4, 0.5) is 0 Å². The topological polar surface area (TPSA) is 26.3 Å². The summed E-state index contributed by atoms with van der Waals surface area (Å²) in [6.45, 7) is 5.49. The highest BCUT2D eigenvalue weighted by Crippen LogP contribution is 2.55. The molecule has 0 aliphatic heterocycles. The number of hydrogen-bond acceptors (Lipinski definition) is 2. The van der Waals surface area contributed by atoms with Crippen molar-refractivity contribution in [2.45, 2.75) is 71.3 Å². The number of carbonyl (C=O) groups is 1. The van der Waals surface area contributed by atoms with Crippen LogP contribution in [-0.4, -0.2) is 12.6 Å². The van der Waals surface area contributed by atoms with Gasteiger partial charge in [-0.15, -0.1) is 0 Å². The van der Waals surface area contributed by atoms with Crippen LogP contribution in [0.15, 0.2) is 0 Å². The Hall–Kier alpha value is -0.530. The van der Waals surface area contributed by atoms with E-state index in [2.05, 4.69) is 13.8 Å². The minimum Gasteiger partial charge on any atom is -0.464 e. The molecule has 3 rings (SSSR count). The van der Waals surface area contributed by atoms with Crippen LogP contribution in [0.1, 0.15) is 65.2 Å². The Balaban J connectivity index is 1.80. The minimum absolute atomic E-state index is 0.220. The molecule has 7 atom stereocenters. The van der Waals surface area contributed by atoms with Gasteiger partial charge in [0, 0.05) is 0 Å². The fourth-order valence-electron chi connectivity index (χ4n) is 5.89. The second kappa shape index (κ2) is 6.07. The largest absolute Gasteiger partial charge is 0.464 e. The van der Waals surface area contributed by atoms with Crippen LogP contribution in [-0.2, 0) is 9.53 Å². The van der Waals surface area contributed by atoms with E-state index in [0.717, 1.165) is 36.0 Å². The Labute approximate surface area is 123 Å². The quantitative estimate of drug-likeness (QED) is 0.714. The molecule has 0 N–H and O–H groups in total. The first-order valence-electron chi connectivity index (χ1n) is 8.83. The van der Waals surface area contributed by atoms with Gasteiger partial charge < -0.3 is 4.74 Å². The van der Waals surface area contributed by atoms with Gasteiger partial charge in [0.15, 0.2) is 0 Å². The highest BCUT2D eigenvalue weighted by atomic mass is 16.5. The molecule has 0 aromatic heterocycles. The van der Waals surface area contributed by atoms with Crippen LogP contribution in [0.2, 0.25) is 0 Å². The lowest BCUT2D eigenvalue weighted by Gasteiger charge is -2.54. The number of carbonyl (C=O) groups excluding carboxylic acids is 1. The van der Waals surface area contributed by atoms with E-state index >= 15 is 0 Å². The average molecular weight is 278 g/mol. The molecule has 0 amide bonds. The van der Waals surface area contributed by atoms with E-state index in [1.807, 2.05) is 0 Å². The first-order valence-corrected chi connectivity index (χ1v) is 8.83. The standard InChI is InChI=1S/C18H30O2/c1-3-13-7-8-15-14(9-13)10-17(20-11-19)16-6-4-5-12(2)18(15)16/h11-18H,3-10H2,1-2H3. The van der Waals surface area contributed by atoms with Gasteiger partial charge in [0.25, 0.3) is 6.47 Å². The minimum atomic E-state index is 0.220. The van der Waals surface area contributed by atoms with Crippen molar-refractivity contribution in [1.82, 2.24) is 0 Å². The monoisotopic (exact) mass is 278 g/mol. The van der Waals surface area contributed by atoms with Gasteiger partial charge in [-0.25, -0.2) is 0 Å². The molecular weight excluding hydrogens is 248 g/mol. The molecule has 7 unspecified atom stereocenters. The van der Waals surface area contributed by atoms with Crippen LogP contribution in [0, 0.1) is 35.5 Å². The van der Waals surface area contributed by atoms with Gasteiger partial charge in [-0.1, -0.05) is 39.5 Å². The first kappa shape index (κ1) is 14.4. The second-order valence-electron chi connectivity index (χ2n) is 7.67.